The molecular weight excluding hydrogens is 229 g/mol. The van der Waals surface area contributed by atoms with Crippen LogP contribution in [0.25, 0.3) is 11.3 Å². The Kier molecular flexibility index (Phi) is 2.97. The number of aromatic nitrogens is 1. The predicted octanol–water partition coefficient (Wildman–Crippen LogP) is 4.09. The lowest BCUT2D eigenvalue weighted by Gasteiger charge is -1.99. The predicted molar refractivity (Wildman–Crippen MR) is 60.9 cm³/mol. The monoisotopic (exact) mass is 239 g/mol. The lowest BCUT2D eigenvalue weighted by Crippen LogP contribution is -1.83. The lowest BCUT2D eigenvalue weighted by molar-refractivity contribution is 0.507. The number of rotatable bonds is 2. The van der Waals surface area contributed by atoms with Crippen LogP contribution in [-0.4, -0.2) is 4.98 Å². The van der Waals surface area contributed by atoms with Gasteiger partial charge in [0.15, 0.2) is 5.76 Å². The van der Waals surface area contributed by atoms with Crippen LogP contribution in [0.5, 0.6) is 0 Å². The highest BCUT2D eigenvalue weighted by molar-refractivity contribution is 6.20. The number of hydrogen-bond donors (Lipinski definition) is 0. The van der Waals surface area contributed by atoms with E-state index in [4.69, 9.17) is 16.0 Å². The second-order valence-corrected chi connectivity index (χ2v) is 4.30. The van der Waals surface area contributed by atoms with Crippen LogP contribution in [0.2, 0.25) is 0 Å². The molecule has 1 atom stereocenters. The van der Waals surface area contributed by atoms with E-state index in [9.17, 15) is 4.39 Å². The first-order chi connectivity index (χ1) is 7.58. The standard InChI is InChI=1S/C12H11ClFNO/c1-7-3-4-9(5-10(7)14)11-6-15-12(16-11)8(2)13/h3-6,8H,1-2H3. The molecule has 0 spiro atoms. The molecule has 84 valence electrons. The van der Waals surface area contributed by atoms with Crippen LogP contribution >= 0.6 is 11.6 Å². The van der Waals surface area contributed by atoms with E-state index in [-0.39, 0.29) is 11.2 Å². The Labute approximate surface area is 98.1 Å². The summed E-state index contributed by atoms with van der Waals surface area (Å²) in [6.07, 6.45) is 1.55. The van der Waals surface area contributed by atoms with E-state index in [0.29, 0.717) is 22.8 Å². The molecule has 0 amide bonds. The Balaban J connectivity index is 2.39. The van der Waals surface area contributed by atoms with E-state index in [1.807, 2.05) is 0 Å². The summed E-state index contributed by atoms with van der Waals surface area (Å²) in [4.78, 5) is 4.02. The van der Waals surface area contributed by atoms with Crippen LogP contribution in [-0.2, 0) is 0 Å². The van der Waals surface area contributed by atoms with Crippen molar-refractivity contribution in [1.29, 1.82) is 0 Å². The summed E-state index contributed by atoms with van der Waals surface area (Å²) in [5.74, 6) is 0.716. The quantitative estimate of drug-likeness (QED) is 0.738. The third kappa shape index (κ3) is 2.09. The third-order valence-electron chi connectivity index (χ3n) is 2.32. The zero-order valence-electron chi connectivity index (χ0n) is 9.00. The Hall–Kier alpha value is -1.35. The number of halogens is 2. The van der Waals surface area contributed by atoms with Gasteiger partial charge in [-0.3, -0.25) is 0 Å². The number of alkyl halides is 1. The first kappa shape index (κ1) is 11.1. The first-order valence-corrected chi connectivity index (χ1v) is 5.38. The molecule has 0 aliphatic heterocycles. The number of benzene rings is 1. The Morgan fingerprint density at radius 3 is 2.75 bits per heavy atom. The molecular formula is C12H11ClFNO. The van der Waals surface area contributed by atoms with Gasteiger partial charge in [0.1, 0.15) is 11.2 Å². The van der Waals surface area contributed by atoms with Crippen molar-refractivity contribution in [3.05, 3.63) is 41.7 Å². The van der Waals surface area contributed by atoms with Gasteiger partial charge in [0.2, 0.25) is 5.89 Å². The fourth-order valence-corrected chi connectivity index (χ4v) is 1.45. The molecule has 16 heavy (non-hydrogen) atoms. The second-order valence-electron chi connectivity index (χ2n) is 3.64. The molecule has 1 unspecified atom stereocenters. The maximum absolute atomic E-state index is 13.3. The molecule has 0 saturated carbocycles. The average Bonchev–Trinajstić information content (AvgIpc) is 2.71. The highest BCUT2D eigenvalue weighted by atomic mass is 35.5. The molecule has 0 radical (unpaired) electrons. The molecule has 2 rings (SSSR count). The minimum Gasteiger partial charge on any atom is -0.439 e. The zero-order chi connectivity index (χ0) is 11.7. The number of oxazole rings is 1. The van der Waals surface area contributed by atoms with Crippen LogP contribution in [0.3, 0.4) is 0 Å². The molecule has 0 fully saturated rings. The molecule has 4 heteroatoms. The van der Waals surface area contributed by atoms with Crippen molar-refractivity contribution in [2.24, 2.45) is 0 Å². The van der Waals surface area contributed by atoms with E-state index >= 15 is 0 Å². The van der Waals surface area contributed by atoms with Gasteiger partial charge in [0.25, 0.3) is 0 Å². The van der Waals surface area contributed by atoms with E-state index in [0.717, 1.165) is 0 Å². The maximum atomic E-state index is 13.3. The average molecular weight is 240 g/mol. The molecule has 0 bridgehead atoms. The topological polar surface area (TPSA) is 26.0 Å². The SMILES string of the molecule is Cc1ccc(-c2cnc(C(C)Cl)o2)cc1F. The normalized spacial score (nSPS) is 12.8. The molecule has 0 aliphatic rings. The van der Waals surface area contributed by atoms with E-state index in [2.05, 4.69) is 4.98 Å². The Morgan fingerprint density at radius 1 is 1.44 bits per heavy atom. The van der Waals surface area contributed by atoms with Gasteiger partial charge < -0.3 is 4.42 Å². The van der Waals surface area contributed by atoms with Crippen LogP contribution < -0.4 is 0 Å². The minimum absolute atomic E-state index is 0.255. The molecule has 0 saturated heterocycles. The molecule has 0 aliphatic carbocycles. The van der Waals surface area contributed by atoms with Gasteiger partial charge in [-0.05, 0) is 25.5 Å². The van der Waals surface area contributed by atoms with Crippen molar-refractivity contribution in [3.63, 3.8) is 0 Å². The highest BCUT2D eigenvalue weighted by Crippen LogP contribution is 2.26. The summed E-state index contributed by atoms with van der Waals surface area (Å²) >= 11 is 5.83. The van der Waals surface area contributed by atoms with Gasteiger partial charge in [0, 0.05) is 5.56 Å². The molecule has 2 nitrogen and oxygen atoms in total. The van der Waals surface area contributed by atoms with Gasteiger partial charge in [-0.15, -0.1) is 11.6 Å². The van der Waals surface area contributed by atoms with Crippen molar-refractivity contribution >= 4 is 11.6 Å². The molecule has 2 aromatic rings. The summed E-state index contributed by atoms with van der Waals surface area (Å²) in [5.41, 5.74) is 1.27. The summed E-state index contributed by atoms with van der Waals surface area (Å²) < 4.78 is 18.8. The summed E-state index contributed by atoms with van der Waals surface area (Å²) in [6, 6.07) is 4.93. The van der Waals surface area contributed by atoms with Crippen LogP contribution in [0.1, 0.15) is 23.8 Å². The van der Waals surface area contributed by atoms with Gasteiger partial charge in [-0.1, -0.05) is 12.1 Å². The van der Waals surface area contributed by atoms with Crippen LogP contribution in [0.4, 0.5) is 4.39 Å². The number of aryl methyl sites for hydroxylation is 1. The molecule has 1 aromatic carbocycles. The minimum atomic E-state index is -0.288. The van der Waals surface area contributed by atoms with Gasteiger partial charge in [-0.25, -0.2) is 9.37 Å². The fraction of sp³-hybridized carbons (Fsp3) is 0.250. The molecule has 0 N–H and O–H groups in total. The summed E-state index contributed by atoms with van der Waals surface area (Å²) in [7, 11) is 0. The van der Waals surface area contributed by atoms with E-state index in [1.165, 1.54) is 6.07 Å². The lowest BCUT2D eigenvalue weighted by atomic mass is 10.1. The number of hydrogen-bond acceptors (Lipinski definition) is 2. The van der Waals surface area contributed by atoms with Crippen molar-refractivity contribution in [3.8, 4) is 11.3 Å². The summed E-state index contributed by atoms with van der Waals surface area (Å²) in [6.45, 7) is 3.48. The van der Waals surface area contributed by atoms with Gasteiger partial charge >= 0.3 is 0 Å². The third-order valence-corrected chi connectivity index (χ3v) is 2.51. The van der Waals surface area contributed by atoms with Crippen molar-refractivity contribution in [2.75, 3.05) is 0 Å². The number of nitrogens with zero attached hydrogens (tertiary/aromatic N) is 1. The van der Waals surface area contributed by atoms with Crippen LogP contribution in [0.15, 0.2) is 28.8 Å². The zero-order valence-corrected chi connectivity index (χ0v) is 9.75. The van der Waals surface area contributed by atoms with Crippen molar-refractivity contribution in [2.45, 2.75) is 19.2 Å². The second kappa shape index (κ2) is 4.26. The van der Waals surface area contributed by atoms with Crippen molar-refractivity contribution < 1.29 is 8.81 Å². The summed E-state index contributed by atoms with van der Waals surface area (Å²) in [5, 5.41) is -0.288. The van der Waals surface area contributed by atoms with E-state index in [1.54, 1.807) is 32.2 Å². The van der Waals surface area contributed by atoms with Gasteiger partial charge in [-0.2, -0.15) is 0 Å². The largest absolute Gasteiger partial charge is 0.439 e. The van der Waals surface area contributed by atoms with E-state index < -0.39 is 0 Å². The Morgan fingerprint density at radius 2 is 2.19 bits per heavy atom. The molecule has 1 heterocycles. The fourth-order valence-electron chi connectivity index (χ4n) is 1.35. The smallest absolute Gasteiger partial charge is 0.212 e. The van der Waals surface area contributed by atoms with Crippen LogP contribution in [0, 0.1) is 12.7 Å². The highest BCUT2D eigenvalue weighted by Gasteiger charge is 2.11. The maximum Gasteiger partial charge on any atom is 0.212 e. The van der Waals surface area contributed by atoms with Gasteiger partial charge in [0.05, 0.1) is 6.20 Å². The first-order valence-electron chi connectivity index (χ1n) is 4.94. The molecule has 1 aromatic heterocycles. The van der Waals surface area contributed by atoms with Crippen molar-refractivity contribution in [1.82, 2.24) is 4.98 Å². The Bertz CT molecular complexity index is 507.